The Labute approximate surface area is 175 Å². The monoisotopic (exact) mass is 407 g/mol. The van der Waals surface area contributed by atoms with Crippen molar-refractivity contribution in [3.05, 3.63) is 66.0 Å². The van der Waals surface area contributed by atoms with Crippen molar-refractivity contribution in [1.82, 2.24) is 9.78 Å². The molecule has 2 heterocycles. The van der Waals surface area contributed by atoms with Crippen LogP contribution in [0.5, 0.6) is 11.5 Å². The molecule has 30 heavy (non-hydrogen) atoms. The van der Waals surface area contributed by atoms with Crippen LogP contribution in [0.3, 0.4) is 0 Å². The van der Waals surface area contributed by atoms with Gasteiger partial charge in [-0.05, 0) is 49.6 Å². The fourth-order valence-corrected chi connectivity index (χ4v) is 3.37. The van der Waals surface area contributed by atoms with Crippen molar-refractivity contribution in [3.63, 3.8) is 0 Å². The molecule has 1 unspecified atom stereocenters. The first-order chi connectivity index (χ1) is 14.6. The molecule has 1 amide bonds. The van der Waals surface area contributed by atoms with Gasteiger partial charge in [0.2, 0.25) is 0 Å². The number of aryl methyl sites for hydroxylation is 1. The summed E-state index contributed by atoms with van der Waals surface area (Å²) in [6.45, 7) is 3.21. The molecular weight excluding hydrogens is 382 g/mol. The van der Waals surface area contributed by atoms with Gasteiger partial charge >= 0.3 is 0 Å². The average molecular weight is 407 g/mol. The minimum Gasteiger partial charge on any atom is -0.493 e. The van der Waals surface area contributed by atoms with Crippen molar-refractivity contribution in [2.45, 2.75) is 25.9 Å². The molecule has 0 bridgehead atoms. The Hall–Kier alpha value is -3.32. The number of para-hydroxylation sites is 1. The summed E-state index contributed by atoms with van der Waals surface area (Å²) in [4.78, 5) is 13.0. The summed E-state index contributed by atoms with van der Waals surface area (Å²) < 4.78 is 18.6. The predicted molar refractivity (Wildman–Crippen MR) is 114 cm³/mol. The summed E-state index contributed by atoms with van der Waals surface area (Å²) in [6, 6.07) is 15.2. The second kappa shape index (κ2) is 9.00. The zero-order valence-corrected chi connectivity index (χ0v) is 17.1. The predicted octanol–water partition coefficient (Wildman–Crippen LogP) is 4.00. The third kappa shape index (κ3) is 4.46. The van der Waals surface area contributed by atoms with Crippen molar-refractivity contribution in [3.8, 4) is 17.2 Å². The molecular formula is C23H25N3O4. The zero-order chi connectivity index (χ0) is 20.9. The molecule has 7 nitrogen and oxygen atoms in total. The lowest BCUT2D eigenvalue weighted by molar-refractivity contribution is 0.0681. The van der Waals surface area contributed by atoms with Crippen LogP contribution in [-0.4, -0.2) is 42.1 Å². The van der Waals surface area contributed by atoms with Crippen LogP contribution < -0.4 is 14.8 Å². The van der Waals surface area contributed by atoms with Crippen molar-refractivity contribution in [2.75, 3.05) is 25.6 Å². The van der Waals surface area contributed by atoms with Crippen molar-refractivity contribution in [2.24, 2.45) is 0 Å². The van der Waals surface area contributed by atoms with E-state index in [0.717, 1.165) is 30.7 Å². The first kappa shape index (κ1) is 20.0. The number of nitrogens with zero attached hydrogens (tertiary/aromatic N) is 2. The molecule has 3 aromatic rings. The number of benzene rings is 2. The summed E-state index contributed by atoms with van der Waals surface area (Å²) >= 11 is 0. The molecule has 1 aliphatic heterocycles. The van der Waals surface area contributed by atoms with Crippen LogP contribution >= 0.6 is 0 Å². The van der Waals surface area contributed by atoms with Gasteiger partial charge in [-0.1, -0.05) is 24.3 Å². The summed E-state index contributed by atoms with van der Waals surface area (Å²) in [6.07, 6.45) is 3.82. The van der Waals surface area contributed by atoms with E-state index >= 15 is 0 Å². The van der Waals surface area contributed by atoms with E-state index in [1.807, 2.05) is 55.5 Å². The Balaban J connectivity index is 1.54. The van der Waals surface area contributed by atoms with Gasteiger partial charge in [-0.3, -0.25) is 4.79 Å². The molecule has 2 aromatic carbocycles. The lowest BCUT2D eigenvalue weighted by Gasteiger charge is -2.15. The molecule has 7 heteroatoms. The summed E-state index contributed by atoms with van der Waals surface area (Å²) in [5, 5.41) is 7.33. The maximum Gasteiger partial charge on any atom is 0.280 e. The fraction of sp³-hybridized carbons (Fsp3) is 0.304. The first-order valence-corrected chi connectivity index (χ1v) is 9.99. The van der Waals surface area contributed by atoms with Crippen LogP contribution in [0.1, 0.15) is 28.9 Å². The number of amides is 1. The molecule has 1 saturated heterocycles. The van der Waals surface area contributed by atoms with Crippen LogP contribution in [0.25, 0.3) is 5.69 Å². The number of hydrogen-bond acceptors (Lipinski definition) is 5. The Morgan fingerprint density at radius 3 is 2.80 bits per heavy atom. The number of methoxy groups -OCH3 is 1. The van der Waals surface area contributed by atoms with Crippen molar-refractivity contribution < 1.29 is 19.0 Å². The van der Waals surface area contributed by atoms with E-state index in [9.17, 15) is 4.79 Å². The van der Waals surface area contributed by atoms with Gasteiger partial charge in [0.15, 0.2) is 11.4 Å². The van der Waals surface area contributed by atoms with Gasteiger partial charge in [0, 0.05) is 6.61 Å². The van der Waals surface area contributed by atoms with E-state index in [1.165, 1.54) is 7.11 Å². The van der Waals surface area contributed by atoms with Crippen LogP contribution in [-0.2, 0) is 4.74 Å². The molecule has 1 fully saturated rings. The average Bonchev–Trinajstić information content (AvgIpc) is 3.44. The maximum absolute atomic E-state index is 13.0. The number of rotatable bonds is 7. The van der Waals surface area contributed by atoms with Crippen LogP contribution in [0.4, 0.5) is 5.69 Å². The molecule has 1 atom stereocenters. The number of hydrogen-bond donors (Lipinski definition) is 1. The van der Waals surface area contributed by atoms with E-state index in [1.54, 1.807) is 10.9 Å². The third-order valence-corrected chi connectivity index (χ3v) is 4.97. The zero-order valence-electron chi connectivity index (χ0n) is 17.1. The number of carbonyl (C=O) groups excluding carboxylic acids is 1. The van der Waals surface area contributed by atoms with Crippen LogP contribution in [0.2, 0.25) is 0 Å². The Morgan fingerprint density at radius 1 is 1.23 bits per heavy atom. The maximum atomic E-state index is 13.0. The number of anilines is 1. The van der Waals surface area contributed by atoms with Crippen LogP contribution in [0, 0.1) is 6.92 Å². The highest BCUT2D eigenvalue weighted by Gasteiger charge is 2.21. The molecule has 156 valence electrons. The summed E-state index contributed by atoms with van der Waals surface area (Å²) in [5.41, 5.74) is 2.67. The van der Waals surface area contributed by atoms with Gasteiger partial charge in [-0.2, -0.15) is 5.10 Å². The molecule has 0 spiro atoms. The highest BCUT2D eigenvalue weighted by Crippen LogP contribution is 2.28. The SMILES string of the molecule is COc1cn(-c2ccccc2)nc1C(=O)Nc1ccc(C)cc1OCC1CCCO1. The molecule has 1 N–H and O–H groups in total. The topological polar surface area (TPSA) is 74.6 Å². The molecule has 0 saturated carbocycles. The number of aromatic nitrogens is 2. The van der Waals surface area contributed by atoms with Crippen molar-refractivity contribution >= 4 is 11.6 Å². The summed E-state index contributed by atoms with van der Waals surface area (Å²) in [7, 11) is 1.52. The number of carbonyl (C=O) groups is 1. The Morgan fingerprint density at radius 2 is 2.07 bits per heavy atom. The van der Waals surface area contributed by atoms with Gasteiger partial charge in [0.25, 0.3) is 5.91 Å². The smallest absolute Gasteiger partial charge is 0.280 e. The van der Waals surface area contributed by atoms with E-state index in [-0.39, 0.29) is 17.7 Å². The second-order valence-electron chi connectivity index (χ2n) is 7.23. The lowest BCUT2D eigenvalue weighted by Crippen LogP contribution is -2.18. The lowest BCUT2D eigenvalue weighted by atomic mass is 10.2. The highest BCUT2D eigenvalue weighted by atomic mass is 16.5. The standard InChI is InChI=1S/C23H25N3O4/c1-16-10-11-19(20(13-16)30-15-18-9-6-12-29-18)24-23(27)22-21(28-2)14-26(25-22)17-7-4-3-5-8-17/h3-5,7-8,10-11,13-14,18H,6,9,12,15H2,1-2H3,(H,24,27). The quantitative estimate of drug-likeness (QED) is 0.641. The molecule has 1 aliphatic rings. The largest absolute Gasteiger partial charge is 0.493 e. The van der Waals surface area contributed by atoms with Crippen LogP contribution in [0.15, 0.2) is 54.7 Å². The van der Waals surface area contributed by atoms with Gasteiger partial charge in [0.05, 0.1) is 30.8 Å². The minimum atomic E-state index is -0.368. The Bertz CT molecular complexity index is 1010. The molecule has 1 aromatic heterocycles. The highest BCUT2D eigenvalue weighted by molar-refractivity contribution is 6.05. The van der Waals surface area contributed by atoms with Crippen molar-refractivity contribution in [1.29, 1.82) is 0 Å². The normalized spacial score (nSPS) is 15.7. The third-order valence-electron chi connectivity index (χ3n) is 4.97. The molecule has 0 radical (unpaired) electrons. The van der Waals surface area contributed by atoms with Gasteiger partial charge < -0.3 is 19.5 Å². The first-order valence-electron chi connectivity index (χ1n) is 9.99. The minimum absolute atomic E-state index is 0.0933. The van der Waals surface area contributed by atoms with Gasteiger partial charge in [0.1, 0.15) is 12.4 Å². The Kier molecular flexibility index (Phi) is 5.99. The van der Waals surface area contributed by atoms with E-state index < -0.39 is 0 Å². The molecule has 4 rings (SSSR count). The van der Waals surface area contributed by atoms with Gasteiger partial charge in [-0.25, -0.2) is 4.68 Å². The fourth-order valence-electron chi connectivity index (χ4n) is 3.37. The number of nitrogens with one attached hydrogen (secondary N) is 1. The van der Waals surface area contributed by atoms with E-state index in [4.69, 9.17) is 14.2 Å². The summed E-state index contributed by atoms with van der Waals surface area (Å²) in [5.74, 6) is 0.637. The van der Waals surface area contributed by atoms with Gasteiger partial charge in [-0.15, -0.1) is 0 Å². The van der Waals surface area contributed by atoms with E-state index in [0.29, 0.717) is 23.8 Å². The number of ether oxygens (including phenoxy) is 3. The van der Waals surface area contributed by atoms with E-state index in [2.05, 4.69) is 10.4 Å². The second-order valence-corrected chi connectivity index (χ2v) is 7.23. The molecule has 0 aliphatic carbocycles.